The molecule has 0 bridgehead atoms. The van der Waals surface area contributed by atoms with Crippen LogP contribution in [0.5, 0.6) is 23.0 Å². The molecular weight excluding hydrogens is 294 g/mol. The van der Waals surface area contributed by atoms with Crippen molar-refractivity contribution in [1.29, 1.82) is 0 Å². The van der Waals surface area contributed by atoms with E-state index in [0.29, 0.717) is 0 Å². The molecular formula is C14H9NO7. The maximum absolute atomic E-state index is 11.3. The lowest BCUT2D eigenvalue weighted by Gasteiger charge is -2.23. The summed E-state index contributed by atoms with van der Waals surface area (Å²) < 4.78 is 5.43. The van der Waals surface area contributed by atoms with E-state index in [2.05, 4.69) is 5.32 Å². The average molecular weight is 303 g/mol. The van der Waals surface area contributed by atoms with E-state index in [1.165, 1.54) is 12.1 Å². The van der Waals surface area contributed by atoms with Crippen LogP contribution in [0.25, 0.3) is 0 Å². The Kier molecular flexibility index (Phi) is 2.81. The number of benzene rings is 2. The maximum Gasteiger partial charge on any atom is 0.337 e. The number of carboxylic acids is 2. The van der Waals surface area contributed by atoms with Gasteiger partial charge in [0.15, 0.2) is 23.0 Å². The molecule has 3 rings (SSSR count). The first-order chi connectivity index (χ1) is 10.4. The Morgan fingerprint density at radius 3 is 2.23 bits per heavy atom. The first-order valence-electron chi connectivity index (χ1n) is 6.02. The van der Waals surface area contributed by atoms with Crippen LogP contribution in [0.4, 0.5) is 11.4 Å². The Morgan fingerprint density at radius 2 is 1.59 bits per heavy atom. The second kappa shape index (κ2) is 4.55. The SMILES string of the molecule is O=C(O)c1cc2c(c(C(=O)O)c1)Nc1cc(O)c(O)cc1O2. The van der Waals surface area contributed by atoms with Crippen molar-refractivity contribution < 1.29 is 34.8 Å². The summed E-state index contributed by atoms with van der Waals surface area (Å²) in [5, 5.41) is 39.9. The van der Waals surface area contributed by atoms with Crippen molar-refractivity contribution in [3.8, 4) is 23.0 Å². The fourth-order valence-electron chi connectivity index (χ4n) is 2.11. The van der Waals surface area contributed by atoms with Crippen molar-refractivity contribution >= 4 is 23.3 Å². The molecule has 0 unspecified atom stereocenters. The van der Waals surface area contributed by atoms with Crippen LogP contribution >= 0.6 is 0 Å². The van der Waals surface area contributed by atoms with Crippen molar-refractivity contribution in [1.82, 2.24) is 0 Å². The van der Waals surface area contributed by atoms with Gasteiger partial charge in [-0.05, 0) is 12.1 Å². The minimum atomic E-state index is -1.33. The number of rotatable bonds is 2. The Bertz CT molecular complexity index is 828. The van der Waals surface area contributed by atoms with Gasteiger partial charge in [-0.15, -0.1) is 0 Å². The number of aromatic carboxylic acids is 2. The number of fused-ring (bicyclic) bond motifs is 2. The van der Waals surface area contributed by atoms with Gasteiger partial charge in [0.05, 0.1) is 22.5 Å². The van der Waals surface area contributed by atoms with Gasteiger partial charge in [0.2, 0.25) is 0 Å². The van der Waals surface area contributed by atoms with Gasteiger partial charge < -0.3 is 30.5 Å². The van der Waals surface area contributed by atoms with E-state index >= 15 is 0 Å². The van der Waals surface area contributed by atoms with Crippen molar-refractivity contribution in [3.05, 3.63) is 35.4 Å². The predicted molar refractivity (Wildman–Crippen MR) is 73.5 cm³/mol. The van der Waals surface area contributed by atoms with Crippen LogP contribution in [0.2, 0.25) is 0 Å². The number of nitrogens with one attached hydrogen (secondary N) is 1. The number of phenolic OH excluding ortho intramolecular Hbond substituents is 2. The van der Waals surface area contributed by atoms with Gasteiger partial charge >= 0.3 is 11.9 Å². The largest absolute Gasteiger partial charge is 0.504 e. The lowest BCUT2D eigenvalue weighted by atomic mass is 10.1. The van der Waals surface area contributed by atoms with E-state index in [0.717, 1.165) is 12.1 Å². The molecule has 2 aromatic rings. The molecule has 5 N–H and O–H groups in total. The minimum absolute atomic E-state index is 0.00473. The van der Waals surface area contributed by atoms with E-state index in [9.17, 15) is 24.9 Å². The third-order valence-electron chi connectivity index (χ3n) is 3.14. The van der Waals surface area contributed by atoms with Gasteiger partial charge in [-0.2, -0.15) is 0 Å². The van der Waals surface area contributed by atoms with Crippen molar-refractivity contribution in [2.75, 3.05) is 5.32 Å². The second-order valence-electron chi connectivity index (χ2n) is 4.57. The molecule has 0 atom stereocenters. The molecule has 0 amide bonds. The molecule has 1 aliphatic heterocycles. The van der Waals surface area contributed by atoms with Crippen LogP contribution < -0.4 is 10.1 Å². The van der Waals surface area contributed by atoms with E-state index in [-0.39, 0.29) is 34.0 Å². The zero-order valence-electron chi connectivity index (χ0n) is 10.8. The first-order valence-corrected chi connectivity index (χ1v) is 6.02. The molecule has 0 saturated heterocycles. The molecule has 2 aromatic carbocycles. The normalized spacial score (nSPS) is 11.6. The highest BCUT2D eigenvalue weighted by Gasteiger charge is 2.26. The number of carboxylic acid groups (broad SMARTS) is 2. The van der Waals surface area contributed by atoms with Crippen LogP contribution in [0, 0.1) is 0 Å². The minimum Gasteiger partial charge on any atom is -0.504 e. The van der Waals surface area contributed by atoms with Crippen molar-refractivity contribution in [2.24, 2.45) is 0 Å². The fourth-order valence-corrected chi connectivity index (χ4v) is 2.11. The molecule has 0 fully saturated rings. The molecule has 0 saturated carbocycles. The zero-order chi connectivity index (χ0) is 16.0. The molecule has 0 aliphatic carbocycles. The molecule has 8 heteroatoms. The summed E-state index contributed by atoms with van der Waals surface area (Å²) in [5.74, 6) is -3.33. The van der Waals surface area contributed by atoms with E-state index in [1.807, 2.05) is 0 Å². The Morgan fingerprint density at radius 1 is 0.909 bits per heavy atom. The molecule has 0 spiro atoms. The summed E-state index contributed by atoms with van der Waals surface area (Å²) in [5.41, 5.74) is -0.221. The van der Waals surface area contributed by atoms with Gasteiger partial charge in [-0.1, -0.05) is 0 Å². The number of phenols is 2. The third kappa shape index (κ3) is 2.03. The van der Waals surface area contributed by atoms with Crippen molar-refractivity contribution in [3.63, 3.8) is 0 Å². The highest BCUT2D eigenvalue weighted by molar-refractivity contribution is 6.02. The molecule has 1 aliphatic rings. The summed E-state index contributed by atoms with van der Waals surface area (Å²) >= 11 is 0. The van der Waals surface area contributed by atoms with Crippen LogP contribution in [0.15, 0.2) is 24.3 Å². The number of anilines is 2. The number of ether oxygens (including phenoxy) is 1. The second-order valence-corrected chi connectivity index (χ2v) is 4.57. The average Bonchev–Trinajstić information content (AvgIpc) is 2.45. The van der Waals surface area contributed by atoms with Gasteiger partial charge in [0.25, 0.3) is 0 Å². The summed E-state index contributed by atoms with van der Waals surface area (Å²) in [6.07, 6.45) is 0. The van der Waals surface area contributed by atoms with Crippen LogP contribution in [-0.2, 0) is 0 Å². The van der Waals surface area contributed by atoms with Crippen LogP contribution in [-0.4, -0.2) is 32.4 Å². The maximum atomic E-state index is 11.3. The quantitative estimate of drug-likeness (QED) is 0.359. The summed E-state index contributed by atoms with van der Waals surface area (Å²) in [4.78, 5) is 22.4. The predicted octanol–water partition coefficient (Wildman–Crippen LogP) is 2.34. The first kappa shape index (κ1) is 13.6. The molecule has 0 radical (unpaired) electrons. The van der Waals surface area contributed by atoms with E-state index in [1.54, 1.807) is 0 Å². The van der Waals surface area contributed by atoms with Gasteiger partial charge in [0.1, 0.15) is 0 Å². The topological polar surface area (TPSA) is 136 Å². The monoisotopic (exact) mass is 303 g/mol. The van der Waals surface area contributed by atoms with E-state index < -0.39 is 23.4 Å². The Balaban J connectivity index is 2.19. The lowest BCUT2D eigenvalue weighted by Crippen LogP contribution is -2.11. The number of hydrogen-bond acceptors (Lipinski definition) is 6. The van der Waals surface area contributed by atoms with Crippen LogP contribution in [0.3, 0.4) is 0 Å². The zero-order valence-corrected chi connectivity index (χ0v) is 10.8. The summed E-state index contributed by atoms with van der Waals surface area (Å²) in [7, 11) is 0. The molecule has 0 aromatic heterocycles. The number of aromatic hydroxyl groups is 2. The summed E-state index contributed by atoms with van der Waals surface area (Å²) in [6.45, 7) is 0. The van der Waals surface area contributed by atoms with Gasteiger partial charge in [-0.25, -0.2) is 9.59 Å². The Labute approximate surface area is 122 Å². The standard InChI is InChI=1S/C14H9NO7/c16-8-3-7-10(4-9(8)17)22-11-2-5(13(18)19)1-6(14(20)21)12(11)15-7/h1-4,15-17H,(H,18,19)(H,20,21). The number of carbonyl (C=O) groups is 2. The highest BCUT2D eigenvalue weighted by Crippen LogP contribution is 2.47. The van der Waals surface area contributed by atoms with E-state index in [4.69, 9.17) is 9.84 Å². The molecule has 112 valence electrons. The smallest absolute Gasteiger partial charge is 0.337 e. The third-order valence-corrected chi connectivity index (χ3v) is 3.14. The molecule has 1 heterocycles. The van der Waals surface area contributed by atoms with Gasteiger partial charge in [0, 0.05) is 12.1 Å². The number of hydrogen-bond donors (Lipinski definition) is 5. The van der Waals surface area contributed by atoms with Crippen molar-refractivity contribution in [2.45, 2.75) is 0 Å². The summed E-state index contributed by atoms with van der Waals surface area (Å²) in [6, 6.07) is 4.48. The molecule has 8 nitrogen and oxygen atoms in total. The highest BCUT2D eigenvalue weighted by atomic mass is 16.5. The van der Waals surface area contributed by atoms with Gasteiger partial charge in [-0.3, -0.25) is 0 Å². The lowest BCUT2D eigenvalue weighted by molar-refractivity contribution is 0.0696. The Hall–Kier alpha value is -3.42. The van der Waals surface area contributed by atoms with Crippen LogP contribution in [0.1, 0.15) is 20.7 Å². The fraction of sp³-hybridized carbons (Fsp3) is 0. The molecule has 22 heavy (non-hydrogen) atoms.